The predicted molar refractivity (Wildman–Crippen MR) is 127 cm³/mol. The van der Waals surface area contributed by atoms with E-state index in [1.165, 1.54) is 24.3 Å². The molecule has 6 nitrogen and oxygen atoms in total. The molecule has 3 aromatic carbocycles. The summed E-state index contributed by atoms with van der Waals surface area (Å²) in [6, 6.07) is 15.1. The van der Waals surface area contributed by atoms with Crippen LogP contribution in [0.15, 0.2) is 54.6 Å². The van der Waals surface area contributed by atoms with Crippen molar-refractivity contribution in [3.8, 4) is 23.0 Å². The van der Waals surface area contributed by atoms with Crippen LogP contribution in [0.1, 0.15) is 33.1 Å². The van der Waals surface area contributed by atoms with Crippen molar-refractivity contribution >= 4 is 5.91 Å². The van der Waals surface area contributed by atoms with E-state index in [1.54, 1.807) is 28.4 Å². The fourth-order valence-electron chi connectivity index (χ4n) is 4.48. The van der Waals surface area contributed by atoms with Crippen LogP contribution in [0, 0.1) is 5.82 Å². The lowest BCUT2D eigenvalue weighted by Crippen LogP contribution is -2.41. The van der Waals surface area contributed by atoms with E-state index in [2.05, 4.69) is 0 Å². The molecule has 0 bridgehead atoms. The van der Waals surface area contributed by atoms with Crippen LogP contribution in [0.5, 0.6) is 23.0 Å². The van der Waals surface area contributed by atoms with Crippen molar-refractivity contribution in [1.82, 2.24) is 4.90 Å². The number of nitrogens with zero attached hydrogens (tertiary/aromatic N) is 1. The Bertz CT molecular complexity index is 1180. The molecule has 0 radical (unpaired) electrons. The average Bonchev–Trinajstić information content (AvgIpc) is 2.87. The van der Waals surface area contributed by atoms with E-state index in [-0.39, 0.29) is 17.8 Å². The lowest BCUT2D eigenvalue weighted by molar-refractivity contribution is 0.0659. The largest absolute Gasteiger partial charge is 0.493 e. The van der Waals surface area contributed by atoms with Gasteiger partial charge in [-0.25, -0.2) is 4.39 Å². The van der Waals surface area contributed by atoms with Crippen LogP contribution in [-0.4, -0.2) is 45.8 Å². The average molecular weight is 466 g/mol. The molecule has 178 valence electrons. The highest BCUT2D eigenvalue weighted by Gasteiger charge is 2.33. The zero-order chi connectivity index (χ0) is 24.2. The number of amides is 1. The molecular weight excluding hydrogens is 437 g/mol. The Morgan fingerprint density at radius 2 is 1.47 bits per heavy atom. The monoisotopic (exact) mass is 465 g/mol. The number of benzene rings is 3. The summed E-state index contributed by atoms with van der Waals surface area (Å²) in [5, 5.41) is 0. The normalized spacial score (nSPS) is 14.9. The first kappa shape index (κ1) is 23.4. The van der Waals surface area contributed by atoms with E-state index >= 15 is 0 Å². The molecule has 34 heavy (non-hydrogen) atoms. The summed E-state index contributed by atoms with van der Waals surface area (Å²) in [6.45, 7) is 0.524. The highest BCUT2D eigenvalue weighted by Crippen LogP contribution is 2.40. The highest BCUT2D eigenvalue weighted by atomic mass is 19.1. The molecule has 1 aliphatic rings. The van der Waals surface area contributed by atoms with Gasteiger partial charge in [0.15, 0.2) is 23.0 Å². The molecule has 0 N–H and O–H groups in total. The molecule has 3 aromatic rings. The Morgan fingerprint density at radius 1 is 0.853 bits per heavy atom. The molecule has 1 heterocycles. The first-order valence-corrected chi connectivity index (χ1v) is 11.0. The van der Waals surface area contributed by atoms with Gasteiger partial charge in [-0.2, -0.15) is 0 Å². The third-order valence-corrected chi connectivity index (χ3v) is 6.23. The second-order valence-corrected chi connectivity index (χ2v) is 8.07. The third-order valence-electron chi connectivity index (χ3n) is 6.23. The molecule has 0 aliphatic carbocycles. The number of fused-ring (bicyclic) bond motifs is 1. The SMILES string of the molecule is COc1ccc(C[C@@H]2c3cc(OC)c(OC)cc3CCN2C(=O)c2ccc(F)cc2)cc1OC. The van der Waals surface area contributed by atoms with E-state index in [4.69, 9.17) is 18.9 Å². The number of hydrogen-bond donors (Lipinski definition) is 0. The summed E-state index contributed by atoms with van der Waals surface area (Å²) in [5.74, 6) is 2.00. The Kier molecular flexibility index (Phi) is 6.91. The van der Waals surface area contributed by atoms with Gasteiger partial charge < -0.3 is 23.8 Å². The maximum absolute atomic E-state index is 13.5. The Labute approximate surface area is 198 Å². The van der Waals surface area contributed by atoms with Crippen LogP contribution < -0.4 is 18.9 Å². The van der Waals surface area contributed by atoms with E-state index in [0.29, 0.717) is 47.9 Å². The second kappa shape index (κ2) is 10.0. The molecule has 1 atom stereocenters. The van der Waals surface area contributed by atoms with Crippen molar-refractivity contribution in [2.45, 2.75) is 18.9 Å². The number of carbonyl (C=O) groups excluding carboxylic acids is 1. The topological polar surface area (TPSA) is 57.2 Å². The highest BCUT2D eigenvalue weighted by molar-refractivity contribution is 5.94. The fourth-order valence-corrected chi connectivity index (χ4v) is 4.48. The summed E-state index contributed by atoms with van der Waals surface area (Å²) in [4.78, 5) is 15.4. The number of methoxy groups -OCH3 is 4. The summed E-state index contributed by atoms with van der Waals surface area (Å²) in [6.07, 6.45) is 1.22. The molecule has 0 saturated carbocycles. The van der Waals surface area contributed by atoms with Crippen LogP contribution in [0.4, 0.5) is 4.39 Å². The smallest absolute Gasteiger partial charge is 0.254 e. The van der Waals surface area contributed by atoms with Gasteiger partial charge in [-0.15, -0.1) is 0 Å². The lowest BCUT2D eigenvalue weighted by atomic mass is 9.87. The minimum Gasteiger partial charge on any atom is -0.493 e. The molecule has 0 saturated heterocycles. The van der Waals surface area contributed by atoms with Gasteiger partial charge in [0, 0.05) is 12.1 Å². The molecular formula is C27H28FNO5. The van der Waals surface area contributed by atoms with Crippen LogP contribution in [0.2, 0.25) is 0 Å². The number of hydrogen-bond acceptors (Lipinski definition) is 5. The van der Waals surface area contributed by atoms with Gasteiger partial charge in [-0.1, -0.05) is 6.07 Å². The van der Waals surface area contributed by atoms with E-state index < -0.39 is 0 Å². The van der Waals surface area contributed by atoms with Crippen LogP contribution in [0.25, 0.3) is 0 Å². The van der Waals surface area contributed by atoms with Crippen molar-refractivity contribution in [3.05, 3.63) is 82.7 Å². The quantitative estimate of drug-likeness (QED) is 0.500. The van der Waals surface area contributed by atoms with Crippen LogP contribution in [-0.2, 0) is 12.8 Å². The molecule has 1 amide bonds. The Balaban J connectivity index is 1.78. The fraction of sp³-hybridized carbons (Fsp3) is 0.296. The maximum atomic E-state index is 13.5. The zero-order valence-corrected chi connectivity index (χ0v) is 19.8. The Morgan fingerprint density at radius 3 is 2.12 bits per heavy atom. The van der Waals surface area contributed by atoms with Gasteiger partial charge in [0.2, 0.25) is 0 Å². The van der Waals surface area contributed by atoms with Crippen molar-refractivity contribution in [1.29, 1.82) is 0 Å². The molecule has 0 spiro atoms. The molecule has 1 aliphatic heterocycles. The van der Waals surface area contributed by atoms with Crippen molar-refractivity contribution in [3.63, 3.8) is 0 Å². The van der Waals surface area contributed by atoms with Crippen molar-refractivity contribution in [2.75, 3.05) is 35.0 Å². The van der Waals surface area contributed by atoms with Gasteiger partial charge in [-0.3, -0.25) is 4.79 Å². The number of rotatable bonds is 7. The van der Waals surface area contributed by atoms with Gasteiger partial charge in [0.25, 0.3) is 5.91 Å². The Hall–Kier alpha value is -3.74. The lowest BCUT2D eigenvalue weighted by Gasteiger charge is -2.38. The van der Waals surface area contributed by atoms with Gasteiger partial charge >= 0.3 is 0 Å². The van der Waals surface area contributed by atoms with Gasteiger partial charge in [-0.05, 0) is 78.1 Å². The maximum Gasteiger partial charge on any atom is 0.254 e. The molecule has 0 unspecified atom stereocenters. The third kappa shape index (κ3) is 4.51. The predicted octanol–water partition coefficient (Wildman–Crippen LogP) is 4.84. The van der Waals surface area contributed by atoms with Crippen molar-refractivity contribution < 1.29 is 28.1 Å². The number of ether oxygens (including phenoxy) is 4. The first-order valence-electron chi connectivity index (χ1n) is 11.0. The minimum absolute atomic E-state index is 0.147. The molecule has 7 heteroatoms. The van der Waals surface area contributed by atoms with Crippen molar-refractivity contribution in [2.24, 2.45) is 0 Å². The number of halogens is 1. The van der Waals surface area contributed by atoms with Crippen LogP contribution in [0.3, 0.4) is 0 Å². The van der Waals surface area contributed by atoms with Crippen LogP contribution >= 0.6 is 0 Å². The summed E-state index contributed by atoms with van der Waals surface area (Å²) in [5.41, 5.74) is 3.53. The molecule has 0 fully saturated rings. The van der Waals surface area contributed by atoms with E-state index in [1.807, 2.05) is 35.2 Å². The molecule has 0 aromatic heterocycles. The second-order valence-electron chi connectivity index (χ2n) is 8.07. The minimum atomic E-state index is -0.376. The summed E-state index contributed by atoms with van der Waals surface area (Å²) in [7, 11) is 6.40. The van der Waals surface area contributed by atoms with Gasteiger partial charge in [0.05, 0.1) is 34.5 Å². The summed E-state index contributed by atoms with van der Waals surface area (Å²) >= 11 is 0. The van der Waals surface area contributed by atoms with Gasteiger partial charge in [0.1, 0.15) is 5.82 Å². The molecule has 4 rings (SSSR count). The summed E-state index contributed by atoms with van der Waals surface area (Å²) < 4.78 is 35.4. The first-order chi connectivity index (χ1) is 16.5. The standard InChI is InChI=1S/C27H28FNO5/c1-31-23-10-5-17(14-24(23)32-2)13-22-21-16-26(34-4)25(33-3)15-19(21)11-12-29(22)27(30)18-6-8-20(28)9-7-18/h5-10,14-16,22H,11-13H2,1-4H3/t22-/m1/s1. The zero-order valence-electron chi connectivity index (χ0n) is 19.8. The van der Waals surface area contributed by atoms with E-state index in [9.17, 15) is 9.18 Å². The van der Waals surface area contributed by atoms with E-state index in [0.717, 1.165) is 16.7 Å². The number of carbonyl (C=O) groups is 1.